The number of hydrogen-bond donors (Lipinski definition) is 1. The third-order valence-corrected chi connectivity index (χ3v) is 6.29. The second-order valence-electron chi connectivity index (χ2n) is 8.14. The van der Waals surface area contributed by atoms with Gasteiger partial charge in [0.1, 0.15) is 11.6 Å². The summed E-state index contributed by atoms with van der Waals surface area (Å²) in [5, 5.41) is 3.56. The van der Waals surface area contributed by atoms with Crippen LogP contribution >= 0.6 is 27.5 Å². The molecule has 176 valence electrons. The molecular weight excluding hydrogens is 514 g/mol. The van der Waals surface area contributed by atoms with Crippen LogP contribution in [0.25, 0.3) is 11.0 Å². The number of carbonyl (C=O) groups is 1. The van der Waals surface area contributed by atoms with E-state index in [1.54, 1.807) is 24.3 Å². The molecule has 0 bridgehead atoms. The number of aryl methyl sites for hydroxylation is 1. The fourth-order valence-electron chi connectivity index (χ4n) is 3.85. The van der Waals surface area contributed by atoms with Gasteiger partial charge in [0.15, 0.2) is 6.61 Å². The highest BCUT2D eigenvalue weighted by Gasteiger charge is 2.11. The Labute approximate surface area is 213 Å². The number of fused-ring (bicyclic) bond motifs is 1. The van der Waals surface area contributed by atoms with Crippen molar-refractivity contribution in [3.8, 4) is 5.75 Å². The molecule has 0 atom stereocenters. The lowest BCUT2D eigenvalue weighted by Gasteiger charge is -2.10. The lowest BCUT2D eigenvalue weighted by atomic mass is 10.1. The van der Waals surface area contributed by atoms with E-state index in [0.717, 1.165) is 53.6 Å². The molecule has 0 aliphatic heterocycles. The first-order valence-corrected chi connectivity index (χ1v) is 12.6. The fourth-order valence-corrected chi connectivity index (χ4v) is 4.43. The van der Waals surface area contributed by atoms with E-state index in [0.29, 0.717) is 17.3 Å². The predicted octanol–water partition coefficient (Wildman–Crippen LogP) is 6.41. The molecule has 0 aliphatic rings. The molecule has 1 aromatic heterocycles. The van der Waals surface area contributed by atoms with E-state index in [9.17, 15) is 4.79 Å². The van der Waals surface area contributed by atoms with Crippen molar-refractivity contribution in [3.63, 3.8) is 0 Å². The highest BCUT2D eigenvalue weighted by Crippen LogP contribution is 2.21. The molecule has 7 heteroatoms. The van der Waals surface area contributed by atoms with Crippen LogP contribution < -0.4 is 10.1 Å². The van der Waals surface area contributed by atoms with E-state index < -0.39 is 0 Å². The van der Waals surface area contributed by atoms with Gasteiger partial charge in [-0.25, -0.2) is 4.98 Å². The Kier molecular flexibility index (Phi) is 8.61. The quantitative estimate of drug-likeness (QED) is 0.224. The van der Waals surface area contributed by atoms with Crippen molar-refractivity contribution < 1.29 is 9.53 Å². The molecule has 4 aromatic rings. The molecule has 5 nitrogen and oxygen atoms in total. The molecule has 0 fully saturated rings. The number of carbonyl (C=O) groups excluding carboxylic acids is 1. The topological polar surface area (TPSA) is 56.1 Å². The Morgan fingerprint density at radius 3 is 2.65 bits per heavy atom. The van der Waals surface area contributed by atoms with Gasteiger partial charge >= 0.3 is 0 Å². The van der Waals surface area contributed by atoms with Crippen LogP contribution in [0.1, 0.15) is 30.7 Å². The zero-order valence-corrected chi connectivity index (χ0v) is 21.2. The Balaban J connectivity index is 1.23. The lowest BCUT2D eigenvalue weighted by Crippen LogP contribution is -2.29. The van der Waals surface area contributed by atoms with Gasteiger partial charge in [0, 0.05) is 29.0 Å². The largest absolute Gasteiger partial charge is 0.484 e. The number of unbranched alkanes of at least 4 members (excludes halogenated alkanes) is 2. The van der Waals surface area contributed by atoms with Crippen molar-refractivity contribution in [2.75, 3.05) is 13.2 Å². The molecule has 1 amide bonds. The van der Waals surface area contributed by atoms with Crippen LogP contribution in [0, 0.1) is 0 Å². The van der Waals surface area contributed by atoms with Gasteiger partial charge in [-0.05, 0) is 66.9 Å². The van der Waals surface area contributed by atoms with Gasteiger partial charge in [-0.3, -0.25) is 4.79 Å². The predicted molar refractivity (Wildman–Crippen MR) is 140 cm³/mol. The molecule has 0 aliphatic carbocycles. The summed E-state index contributed by atoms with van der Waals surface area (Å²) in [4.78, 5) is 16.9. The van der Waals surface area contributed by atoms with Crippen LogP contribution in [0.3, 0.4) is 0 Å². The van der Waals surface area contributed by atoms with Gasteiger partial charge in [0.25, 0.3) is 5.91 Å². The van der Waals surface area contributed by atoms with Gasteiger partial charge in [0.2, 0.25) is 0 Å². The summed E-state index contributed by atoms with van der Waals surface area (Å²) in [6, 6.07) is 23.7. The summed E-state index contributed by atoms with van der Waals surface area (Å²) >= 11 is 9.42. The van der Waals surface area contributed by atoms with Gasteiger partial charge in [-0.1, -0.05) is 58.2 Å². The zero-order chi connectivity index (χ0) is 23.8. The second kappa shape index (κ2) is 12.0. The molecule has 34 heavy (non-hydrogen) atoms. The number of amides is 1. The van der Waals surface area contributed by atoms with Crippen molar-refractivity contribution >= 4 is 44.5 Å². The number of imidazole rings is 1. The maximum absolute atomic E-state index is 12.0. The number of nitrogens with zero attached hydrogens (tertiary/aromatic N) is 2. The smallest absolute Gasteiger partial charge is 0.257 e. The Morgan fingerprint density at radius 1 is 1.00 bits per heavy atom. The minimum Gasteiger partial charge on any atom is -0.484 e. The minimum atomic E-state index is -0.120. The summed E-state index contributed by atoms with van der Waals surface area (Å²) in [6.45, 7) is 1.43. The van der Waals surface area contributed by atoms with Crippen molar-refractivity contribution in [3.05, 3.63) is 93.7 Å². The molecule has 0 saturated carbocycles. The molecule has 1 heterocycles. The van der Waals surface area contributed by atoms with Crippen LogP contribution in [0.4, 0.5) is 0 Å². The molecule has 0 saturated heterocycles. The number of ether oxygens (including phenoxy) is 1. The first kappa shape index (κ1) is 24.3. The van der Waals surface area contributed by atoms with Crippen molar-refractivity contribution in [1.29, 1.82) is 0 Å². The molecule has 0 unspecified atom stereocenters. The zero-order valence-electron chi connectivity index (χ0n) is 18.8. The molecular formula is C27H27BrClN3O2. The van der Waals surface area contributed by atoms with Gasteiger partial charge in [-0.15, -0.1) is 0 Å². The highest BCUT2D eigenvalue weighted by atomic mass is 79.9. The normalized spacial score (nSPS) is 11.0. The van der Waals surface area contributed by atoms with E-state index in [4.69, 9.17) is 21.3 Å². The third-order valence-electron chi connectivity index (χ3n) is 5.55. The van der Waals surface area contributed by atoms with E-state index >= 15 is 0 Å². The van der Waals surface area contributed by atoms with E-state index in [1.165, 1.54) is 5.56 Å². The summed E-state index contributed by atoms with van der Waals surface area (Å²) in [7, 11) is 0. The summed E-state index contributed by atoms with van der Waals surface area (Å²) in [5.74, 6) is 1.61. The summed E-state index contributed by atoms with van der Waals surface area (Å²) in [5.41, 5.74) is 3.42. The molecule has 0 radical (unpaired) electrons. The Hall–Kier alpha value is -2.83. The number of aromatic nitrogens is 2. The summed E-state index contributed by atoms with van der Waals surface area (Å²) < 4.78 is 8.86. The average molecular weight is 541 g/mol. The standard InChI is InChI=1S/C27H27BrClN3O2/c28-21-8-6-7-20(17-21)18-32-25-10-4-3-9-24(25)31-26(32)11-2-1-5-16-30-27(33)19-34-23-14-12-22(29)13-15-23/h3-4,6-10,12-15,17H,1-2,5,11,16,18-19H2,(H,30,33). The fraction of sp³-hybridized carbons (Fsp3) is 0.259. The second-order valence-corrected chi connectivity index (χ2v) is 9.49. The van der Waals surface area contributed by atoms with Crippen LogP contribution in [-0.2, 0) is 17.8 Å². The number of halogens is 2. The number of nitrogens with one attached hydrogen (secondary N) is 1. The monoisotopic (exact) mass is 539 g/mol. The van der Waals surface area contributed by atoms with E-state index in [1.807, 2.05) is 12.1 Å². The number of rotatable bonds is 11. The van der Waals surface area contributed by atoms with Gasteiger partial charge < -0.3 is 14.6 Å². The van der Waals surface area contributed by atoms with E-state index in [2.05, 4.69) is 62.2 Å². The SMILES string of the molecule is O=C(COc1ccc(Cl)cc1)NCCCCCc1nc2ccccc2n1Cc1cccc(Br)c1. The molecule has 4 rings (SSSR count). The van der Waals surface area contributed by atoms with Crippen LogP contribution in [0.2, 0.25) is 5.02 Å². The van der Waals surface area contributed by atoms with Crippen molar-refractivity contribution in [2.45, 2.75) is 32.2 Å². The molecule has 3 aromatic carbocycles. The highest BCUT2D eigenvalue weighted by molar-refractivity contribution is 9.10. The number of para-hydroxylation sites is 2. The van der Waals surface area contributed by atoms with Crippen LogP contribution in [0.15, 0.2) is 77.3 Å². The maximum atomic E-state index is 12.0. The van der Waals surface area contributed by atoms with E-state index in [-0.39, 0.29) is 12.5 Å². The maximum Gasteiger partial charge on any atom is 0.257 e. The molecule has 0 spiro atoms. The first-order valence-electron chi connectivity index (χ1n) is 11.4. The summed E-state index contributed by atoms with van der Waals surface area (Å²) in [6.07, 6.45) is 3.84. The Morgan fingerprint density at radius 2 is 1.82 bits per heavy atom. The van der Waals surface area contributed by atoms with Gasteiger partial charge in [0.05, 0.1) is 11.0 Å². The van der Waals surface area contributed by atoms with Crippen molar-refractivity contribution in [2.24, 2.45) is 0 Å². The van der Waals surface area contributed by atoms with Crippen LogP contribution in [-0.4, -0.2) is 28.6 Å². The first-order chi connectivity index (χ1) is 16.6. The third kappa shape index (κ3) is 6.84. The van der Waals surface area contributed by atoms with Crippen molar-refractivity contribution in [1.82, 2.24) is 14.9 Å². The Bertz CT molecular complexity index is 1240. The van der Waals surface area contributed by atoms with Gasteiger partial charge in [-0.2, -0.15) is 0 Å². The molecule has 1 N–H and O–H groups in total. The number of hydrogen-bond acceptors (Lipinski definition) is 3. The lowest BCUT2D eigenvalue weighted by molar-refractivity contribution is -0.123. The van der Waals surface area contributed by atoms with Crippen LogP contribution in [0.5, 0.6) is 5.75 Å². The number of benzene rings is 3. The minimum absolute atomic E-state index is 0.00125. The average Bonchev–Trinajstić information content (AvgIpc) is 3.18.